The standard InChI is InChI=1S/C12H13BrN2O2S2/c1-8(9-4-5-18-7-9)15-19(16,17)12-3-2-10(14)6-11(12)13/h2-8,15H,14H2,1H3. The molecule has 19 heavy (non-hydrogen) atoms. The number of sulfonamides is 1. The molecule has 2 rings (SSSR count). The summed E-state index contributed by atoms with van der Waals surface area (Å²) in [5.41, 5.74) is 7.06. The fraction of sp³-hybridized carbons (Fsp3) is 0.167. The van der Waals surface area contributed by atoms with Crippen molar-refractivity contribution in [1.29, 1.82) is 0 Å². The normalized spacial score (nSPS) is 13.4. The van der Waals surface area contributed by atoms with Gasteiger partial charge in [0.25, 0.3) is 0 Å². The number of hydrogen-bond donors (Lipinski definition) is 2. The molecule has 1 heterocycles. The lowest BCUT2D eigenvalue weighted by Gasteiger charge is -2.14. The van der Waals surface area contributed by atoms with Gasteiger partial charge in [0.2, 0.25) is 10.0 Å². The van der Waals surface area contributed by atoms with Gasteiger partial charge < -0.3 is 5.73 Å². The van der Waals surface area contributed by atoms with Crippen molar-refractivity contribution in [1.82, 2.24) is 4.72 Å². The van der Waals surface area contributed by atoms with Crippen molar-refractivity contribution in [3.63, 3.8) is 0 Å². The molecule has 0 saturated carbocycles. The Morgan fingerprint density at radius 2 is 2.11 bits per heavy atom. The number of nitrogens with one attached hydrogen (secondary N) is 1. The van der Waals surface area contributed by atoms with Gasteiger partial charge in [0.15, 0.2) is 0 Å². The molecule has 2 aromatic rings. The molecule has 0 bridgehead atoms. The predicted octanol–water partition coefficient (Wildman–Crippen LogP) is 3.13. The van der Waals surface area contributed by atoms with Crippen molar-refractivity contribution in [3.05, 3.63) is 45.1 Å². The molecule has 7 heteroatoms. The van der Waals surface area contributed by atoms with E-state index in [-0.39, 0.29) is 10.9 Å². The van der Waals surface area contributed by atoms with Crippen LogP contribution >= 0.6 is 27.3 Å². The smallest absolute Gasteiger partial charge is 0.242 e. The fourth-order valence-corrected chi connectivity index (χ4v) is 4.70. The first-order valence-electron chi connectivity index (χ1n) is 5.49. The number of benzene rings is 1. The van der Waals surface area contributed by atoms with Gasteiger partial charge in [-0.25, -0.2) is 13.1 Å². The van der Waals surface area contributed by atoms with Gasteiger partial charge >= 0.3 is 0 Å². The van der Waals surface area contributed by atoms with Gasteiger partial charge in [-0.3, -0.25) is 0 Å². The van der Waals surface area contributed by atoms with Crippen LogP contribution in [-0.2, 0) is 10.0 Å². The minimum absolute atomic E-state index is 0.184. The SMILES string of the molecule is CC(NS(=O)(=O)c1ccc(N)cc1Br)c1ccsc1. The molecule has 0 radical (unpaired) electrons. The molecule has 0 spiro atoms. The minimum atomic E-state index is -3.58. The predicted molar refractivity (Wildman–Crippen MR) is 81.6 cm³/mol. The molecule has 1 aromatic heterocycles. The Morgan fingerprint density at radius 3 is 2.68 bits per heavy atom. The minimum Gasteiger partial charge on any atom is -0.399 e. The third-order valence-electron chi connectivity index (χ3n) is 2.62. The van der Waals surface area contributed by atoms with Crippen LogP contribution in [0.1, 0.15) is 18.5 Å². The molecular weight excluding hydrogens is 348 g/mol. The molecule has 0 aliphatic carbocycles. The van der Waals surface area contributed by atoms with E-state index in [1.54, 1.807) is 12.1 Å². The summed E-state index contributed by atoms with van der Waals surface area (Å²) >= 11 is 4.76. The zero-order valence-corrected chi connectivity index (χ0v) is 13.3. The van der Waals surface area contributed by atoms with E-state index in [1.165, 1.54) is 17.4 Å². The Hall–Kier alpha value is -0.890. The highest BCUT2D eigenvalue weighted by molar-refractivity contribution is 9.10. The molecule has 0 amide bonds. The third kappa shape index (κ3) is 3.36. The molecule has 0 aliphatic heterocycles. The van der Waals surface area contributed by atoms with Crippen LogP contribution in [-0.4, -0.2) is 8.42 Å². The van der Waals surface area contributed by atoms with E-state index >= 15 is 0 Å². The molecule has 1 atom stereocenters. The van der Waals surface area contributed by atoms with E-state index in [2.05, 4.69) is 20.7 Å². The number of halogens is 1. The zero-order valence-electron chi connectivity index (χ0n) is 10.1. The van der Waals surface area contributed by atoms with E-state index in [4.69, 9.17) is 5.73 Å². The summed E-state index contributed by atoms with van der Waals surface area (Å²) in [6.45, 7) is 1.81. The maximum atomic E-state index is 12.3. The van der Waals surface area contributed by atoms with Crippen LogP contribution < -0.4 is 10.5 Å². The Morgan fingerprint density at radius 1 is 1.37 bits per heavy atom. The highest BCUT2D eigenvalue weighted by Gasteiger charge is 2.21. The van der Waals surface area contributed by atoms with Crippen molar-refractivity contribution in [2.24, 2.45) is 0 Å². The number of nitrogen functional groups attached to an aromatic ring is 1. The van der Waals surface area contributed by atoms with E-state index in [0.29, 0.717) is 10.2 Å². The van der Waals surface area contributed by atoms with E-state index in [0.717, 1.165) is 5.56 Å². The summed E-state index contributed by atoms with van der Waals surface area (Å²) in [5.74, 6) is 0. The summed E-state index contributed by atoms with van der Waals surface area (Å²) in [6.07, 6.45) is 0. The summed E-state index contributed by atoms with van der Waals surface area (Å²) in [7, 11) is -3.58. The quantitative estimate of drug-likeness (QED) is 0.822. The van der Waals surface area contributed by atoms with Crippen LogP contribution in [0.15, 0.2) is 44.4 Å². The zero-order chi connectivity index (χ0) is 14.0. The van der Waals surface area contributed by atoms with Crippen LogP contribution in [0.2, 0.25) is 0 Å². The maximum absolute atomic E-state index is 12.3. The van der Waals surface area contributed by atoms with Crippen LogP contribution in [0.4, 0.5) is 5.69 Å². The molecule has 0 aliphatic rings. The topological polar surface area (TPSA) is 72.2 Å². The number of thiophene rings is 1. The molecule has 0 saturated heterocycles. The third-order valence-corrected chi connectivity index (χ3v) is 5.84. The van der Waals surface area contributed by atoms with E-state index in [9.17, 15) is 8.42 Å². The van der Waals surface area contributed by atoms with Crippen molar-refractivity contribution in [2.45, 2.75) is 17.9 Å². The van der Waals surface area contributed by atoms with Gasteiger partial charge in [-0.1, -0.05) is 0 Å². The summed E-state index contributed by atoms with van der Waals surface area (Å²) < 4.78 is 27.7. The highest BCUT2D eigenvalue weighted by atomic mass is 79.9. The van der Waals surface area contributed by atoms with Gasteiger partial charge in [0, 0.05) is 16.2 Å². The monoisotopic (exact) mass is 360 g/mol. The van der Waals surface area contributed by atoms with E-state index in [1.807, 2.05) is 23.8 Å². The highest BCUT2D eigenvalue weighted by Crippen LogP contribution is 2.26. The van der Waals surface area contributed by atoms with Crippen LogP contribution in [0.25, 0.3) is 0 Å². The Kier molecular flexibility index (Phi) is 4.29. The van der Waals surface area contributed by atoms with Gasteiger partial charge in [-0.05, 0) is 63.4 Å². The molecule has 0 fully saturated rings. The van der Waals surface area contributed by atoms with Gasteiger partial charge in [-0.2, -0.15) is 11.3 Å². The number of anilines is 1. The van der Waals surface area contributed by atoms with Crippen LogP contribution in [0.3, 0.4) is 0 Å². The second-order valence-corrected chi connectivity index (χ2v) is 7.41. The van der Waals surface area contributed by atoms with Gasteiger partial charge in [0.05, 0.1) is 4.90 Å². The summed E-state index contributed by atoms with van der Waals surface area (Å²) in [5, 5.41) is 3.84. The molecule has 1 aromatic carbocycles. The number of rotatable bonds is 4. The second kappa shape index (κ2) is 5.62. The van der Waals surface area contributed by atoms with Crippen LogP contribution in [0, 0.1) is 0 Å². The maximum Gasteiger partial charge on any atom is 0.242 e. The molecular formula is C12H13BrN2O2S2. The number of nitrogens with two attached hydrogens (primary N) is 1. The molecule has 4 nitrogen and oxygen atoms in total. The average molecular weight is 361 g/mol. The Bertz CT molecular complexity index is 669. The Balaban J connectivity index is 2.28. The van der Waals surface area contributed by atoms with Crippen molar-refractivity contribution < 1.29 is 8.42 Å². The summed E-state index contributed by atoms with van der Waals surface area (Å²) in [4.78, 5) is 0.184. The summed E-state index contributed by atoms with van der Waals surface area (Å²) in [6, 6.07) is 6.25. The van der Waals surface area contributed by atoms with Crippen molar-refractivity contribution >= 4 is 43.0 Å². The largest absolute Gasteiger partial charge is 0.399 e. The lowest BCUT2D eigenvalue weighted by atomic mass is 10.2. The van der Waals surface area contributed by atoms with E-state index < -0.39 is 10.0 Å². The first-order valence-corrected chi connectivity index (χ1v) is 8.71. The van der Waals surface area contributed by atoms with Gasteiger partial charge in [-0.15, -0.1) is 0 Å². The molecule has 1 unspecified atom stereocenters. The lowest BCUT2D eigenvalue weighted by molar-refractivity contribution is 0.567. The Labute approximate surface area is 124 Å². The second-order valence-electron chi connectivity index (χ2n) is 4.09. The van der Waals surface area contributed by atoms with Crippen LogP contribution in [0.5, 0.6) is 0 Å². The molecule has 102 valence electrons. The first kappa shape index (κ1) is 14.5. The lowest BCUT2D eigenvalue weighted by Crippen LogP contribution is -2.26. The van der Waals surface area contributed by atoms with Gasteiger partial charge in [0.1, 0.15) is 0 Å². The average Bonchev–Trinajstić information content (AvgIpc) is 2.80. The fourth-order valence-electron chi connectivity index (χ4n) is 1.62. The van der Waals surface area contributed by atoms with Crippen molar-refractivity contribution in [2.75, 3.05) is 5.73 Å². The number of hydrogen-bond acceptors (Lipinski definition) is 4. The van der Waals surface area contributed by atoms with Crippen molar-refractivity contribution in [3.8, 4) is 0 Å². The molecule has 3 N–H and O–H groups in total. The first-order chi connectivity index (χ1) is 8.90.